The summed E-state index contributed by atoms with van der Waals surface area (Å²) < 4.78 is 26.9. The Balaban J connectivity index is 1.56. The molecular weight excluding hydrogens is 424 g/mol. The van der Waals surface area contributed by atoms with E-state index < -0.39 is 15.3 Å². The van der Waals surface area contributed by atoms with Crippen LogP contribution in [0.15, 0.2) is 52.7 Å². The lowest BCUT2D eigenvalue weighted by atomic mass is 9.86. The molecule has 3 rings (SSSR count). The van der Waals surface area contributed by atoms with Crippen LogP contribution in [-0.2, 0) is 14.8 Å². The molecule has 2 aromatic carbocycles. The van der Waals surface area contributed by atoms with Crippen molar-refractivity contribution in [2.45, 2.75) is 64.7 Å². The first-order valence-corrected chi connectivity index (χ1v) is 12.6. The molecule has 0 spiro atoms. The van der Waals surface area contributed by atoms with Gasteiger partial charge in [0, 0.05) is 17.6 Å². The Labute approximate surface area is 190 Å². The molecule has 0 bridgehead atoms. The molecule has 1 saturated carbocycles. The van der Waals surface area contributed by atoms with Crippen molar-refractivity contribution in [2.24, 2.45) is 16.1 Å². The van der Waals surface area contributed by atoms with Crippen molar-refractivity contribution in [3.05, 3.63) is 53.6 Å². The van der Waals surface area contributed by atoms with Crippen molar-refractivity contribution in [2.75, 3.05) is 5.32 Å². The van der Waals surface area contributed by atoms with Crippen LogP contribution in [0.3, 0.4) is 0 Å². The standard InChI is InChI=1S/C24H32N4O3S/c1-16(2)32(30,31)28-20-11-9-19(10-12-20)24(29)25-22-14-13-21(15-18(22)4)26-27-23-8-6-5-7-17(23)3/h5-8,13-16,19-20,28H,9-12H2,1-4H3,(H,25,29). The van der Waals surface area contributed by atoms with Gasteiger partial charge in [0.2, 0.25) is 15.9 Å². The molecule has 1 aliphatic carbocycles. The monoisotopic (exact) mass is 456 g/mol. The highest BCUT2D eigenvalue weighted by Crippen LogP contribution is 2.29. The van der Waals surface area contributed by atoms with Gasteiger partial charge in [-0.15, -0.1) is 0 Å². The minimum Gasteiger partial charge on any atom is -0.326 e. The number of aryl methyl sites for hydroxylation is 2. The fourth-order valence-electron chi connectivity index (χ4n) is 3.71. The number of nitrogens with one attached hydrogen (secondary N) is 2. The van der Waals surface area contributed by atoms with E-state index in [1.54, 1.807) is 13.8 Å². The van der Waals surface area contributed by atoms with Crippen LogP contribution in [0.2, 0.25) is 0 Å². The summed E-state index contributed by atoms with van der Waals surface area (Å²) in [5, 5.41) is 11.2. The molecule has 8 heteroatoms. The van der Waals surface area contributed by atoms with Gasteiger partial charge in [-0.1, -0.05) is 18.2 Å². The third-order valence-corrected chi connectivity index (χ3v) is 7.81. The number of hydrogen-bond acceptors (Lipinski definition) is 5. The Kier molecular flexibility index (Phi) is 7.79. The summed E-state index contributed by atoms with van der Waals surface area (Å²) in [5.74, 6) is -0.137. The Morgan fingerprint density at radius 2 is 1.66 bits per heavy atom. The van der Waals surface area contributed by atoms with Crippen LogP contribution in [0.25, 0.3) is 0 Å². The Morgan fingerprint density at radius 1 is 0.969 bits per heavy atom. The van der Waals surface area contributed by atoms with Gasteiger partial charge < -0.3 is 5.32 Å². The SMILES string of the molecule is Cc1ccccc1N=Nc1ccc(NC(=O)C2CCC(NS(=O)(=O)C(C)C)CC2)c(C)c1. The van der Waals surface area contributed by atoms with E-state index in [9.17, 15) is 13.2 Å². The summed E-state index contributed by atoms with van der Waals surface area (Å²) in [4.78, 5) is 12.8. The van der Waals surface area contributed by atoms with Gasteiger partial charge in [0.15, 0.2) is 0 Å². The molecule has 0 unspecified atom stereocenters. The highest BCUT2D eigenvalue weighted by atomic mass is 32.2. The minimum absolute atomic E-state index is 0.0208. The third kappa shape index (κ3) is 6.23. The second-order valence-electron chi connectivity index (χ2n) is 8.74. The van der Waals surface area contributed by atoms with Gasteiger partial charge >= 0.3 is 0 Å². The molecule has 1 fully saturated rings. The average molecular weight is 457 g/mol. The van der Waals surface area contributed by atoms with Crippen molar-refractivity contribution in [3.63, 3.8) is 0 Å². The number of nitrogens with zero attached hydrogens (tertiary/aromatic N) is 2. The zero-order valence-corrected chi connectivity index (χ0v) is 19.9. The van der Waals surface area contributed by atoms with Crippen molar-refractivity contribution in [1.82, 2.24) is 4.72 Å². The molecule has 0 saturated heterocycles. The first kappa shape index (κ1) is 24.1. The molecule has 1 aliphatic rings. The lowest BCUT2D eigenvalue weighted by Gasteiger charge is -2.29. The van der Waals surface area contributed by atoms with Crippen molar-refractivity contribution < 1.29 is 13.2 Å². The van der Waals surface area contributed by atoms with E-state index >= 15 is 0 Å². The maximum atomic E-state index is 12.8. The lowest BCUT2D eigenvalue weighted by Crippen LogP contribution is -2.42. The topological polar surface area (TPSA) is 100.0 Å². The molecule has 0 heterocycles. The van der Waals surface area contributed by atoms with Gasteiger partial charge in [0.05, 0.1) is 16.6 Å². The summed E-state index contributed by atoms with van der Waals surface area (Å²) in [6.45, 7) is 7.25. The molecular formula is C24H32N4O3S. The molecule has 0 aromatic heterocycles. The van der Waals surface area contributed by atoms with E-state index in [4.69, 9.17) is 0 Å². The first-order valence-electron chi connectivity index (χ1n) is 11.1. The van der Waals surface area contributed by atoms with Crippen LogP contribution in [-0.4, -0.2) is 25.6 Å². The van der Waals surface area contributed by atoms with Gasteiger partial charge in [-0.05, 0) is 88.8 Å². The molecule has 1 amide bonds. The fourth-order valence-corrected chi connectivity index (χ4v) is 4.69. The minimum atomic E-state index is -3.29. The molecule has 2 aromatic rings. The number of carbonyl (C=O) groups is 1. The highest BCUT2D eigenvalue weighted by Gasteiger charge is 2.29. The molecule has 0 radical (unpaired) electrons. The maximum absolute atomic E-state index is 12.8. The fraction of sp³-hybridized carbons (Fsp3) is 0.458. The molecule has 32 heavy (non-hydrogen) atoms. The largest absolute Gasteiger partial charge is 0.326 e. The molecule has 2 N–H and O–H groups in total. The zero-order chi connectivity index (χ0) is 23.3. The summed E-state index contributed by atoms with van der Waals surface area (Å²) in [6, 6.07) is 13.3. The summed E-state index contributed by atoms with van der Waals surface area (Å²) in [7, 11) is -3.29. The van der Waals surface area contributed by atoms with Gasteiger partial charge in [0.1, 0.15) is 0 Å². The average Bonchev–Trinajstić information content (AvgIpc) is 2.75. The first-order chi connectivity index (χ1) is 15.2. The number of benzene rings is 2. The van der Waals surface area contributed by atoms with Crippen molar-refractivity contribution in [3.8, 4) is 0 Å². The predicted molar refractivity (Wildman–Crippen MR) is 128 cm³/mol. The van der Waals surface area contributed by atoms with E-state index in [2.05, 4.69) is 20.3 Å². The molecule has 0 atom stereocenters. The van der Waals surface area contributed by atoms with Gasteiger partial charge in [-0.3, -0.25) is 4.79 Å². The lowest BCUT2D eigenvalue weighted by molar-refractivity contribution is -0.120. The van der Waals surface area contributed by atoms with Crippen LogP contribution in [0.5, 0.6) is 0 Å². The van der Waals surface area contributed by atoms with E-state index in [1.165, 1.54) is 0 Å². The Morgan fingerprint density at radius 3 is 2.28 bits per heavy atom. The predicted octanol–water partition coefficient (Wildman–Crippen LogP) is 5.54. The second-order valence-corrected chi connectivity index (χ2v) is 11.0. The van der Waals surface area contributed by atoms with E-state index in [0.29, 0.717) is 25.7 Å². The number of rotatable bonds is 7. The molecule has 7 nitrogen and oxygen atoms in total. The number of anilines is 1. The number of hydrogen-bond donors (Lipinski definition) is 2. The third-order valence-electron chi connectivity index (χ3n) is 5.91. The van der Waals surface area contributed by atoms with Crippen LogP contribution in [0, 0.1) is 19.8 Å². The second kappa shape index (κ2) is 10.4. The number of sulfonamides is 1. The summed E-state index contributed by atoms with van der Waals surface area (Å²) in [5.41, 5.74) is 4.28. The van der Waals surface area contributed by atoms with E-state index in [-0.39, 0.29) is 17.9 Å². The number of azo groups is 1. The van der Waals surface area contributed by atoms with E-state index in [1.807, 2.05) is 56.3 Å². The van der Waals surface area contributed by atoms with Gasteiger partial charge in [-0.25, -0.2) is 13.1 Å². The van der Waals surface area contributed by atoms with Crippen LogP contribution < -0.4 is 10.0 Å². The van der Waals surface area contributed by atoms with Gasteiger partial charge in [-0.2, -0.15) is 10.2 Å². The van der Waals surface area contributed by atoms with Crippen molar-refractivity contribution >= 4 is 33.0 Å². The van der Waals surface area contributed by atoms with Gasteiger partial charge in [0.25, 0.3) is 0 Å². The normalized spacial score (nSPS) is 19.4. The quantitative estimate of drug-likeness (QED) is 0.535. The Hall–Kier alpha value is -2.58. The van der Waals surface area contributed by atoms with E-state index in [0.717, 1.165) is 28.2 Å². The van der Waals surface area contributed by atoms with Crippen LogP contribution in [0.1, 0.15) is 50.7 Å². The summed E-state index contributed by atoms with van der Waals surface area (Å²) in [6.07, 6.45) is 2.67. The van der Waals surface area contributed by atoms with Crippen molar-refractivity contribution in [1.29, 1.82) is 0 Å². The molecule has 172 valence electrons. The number of carbonyl (C=O) groups excluding carboxylic acids is 1. The van der Waals surface area contributed by atoms with Crippen LogP contribution >= 0.6 is 0 Å². The Bertz CT molecular complexity index is 1090. The van der Waals surface area contributed by atoms with Crippen LogP contribution in [0.4, 0.5) is 17.1 Å². The smallest absolute Gasteiger partial charge is 0.227 e. The highest BCUT2D eigenvalue weighted by molar-refractivity contribution is 7.90. The summed E-state index contributed by atoms with van der Waals surface area (Å²) >= 11 is 0. The maximum Gasteiger partial charge on any atom is 0.227 e. The molecule has 0 aliphatic heterocycles. The number of amides is 1. The zero-order valence-electron chi connectivity index (χ0n) is 19.1.